The molecule has 8 nitrogen and oxygen atoms in total. The van der Waals surface area contributed by atoms with E-state index in [4.69, 9.17) is 9.47 Å². The van der Waals surface area contributed by atoms with Crippen molar-refractivity contribution >= 4 is 17.4 Å². The van der Waals surface area contributed by atoms with Crippen molar-refractivity contribution in [3.8, 4) is 17.2 Å². The van der Waals surface area contributed by atoms with Crippen LogP contribution in [0.5, 0.6) is 17.2 Å². The van der Waals surface area contributed by atoms with Crippen LogP contribution in [0.25, 0.3) is 5.76 Å². The molecule has 29 heavy (non-hydrogen) atoms. The molecule has 1 amide bonds. The summed E-state index contributed by atoms with van der Waals surface area (Å²) in [6.07, 6.45) is 0. The van der Waals surface area contributed by atoms with Crippen molar-refractivity contribution in [2.24, 2.45) is 0 Å². The minimum atomic E-state index is -0.946. The van der Waals surface area contributed by atoms with Gasteiger partial charge in [0.2, 0.25) is 0 Å². The van der Waals surface area contributed by atoms with Crippen LogP contribution in [-0.4, -0.2) is 59.3 Å². The second-order valence-electron chi connectivity index (χ2n) is 6.38. The Balaban J connectivity index is 2.18. The summed E-state index contributed by atoms with van der Waals surface area (Å²) in [7, 11) is 2.88. The SMILES string of the molecule is COc1ccc(C(O)=C2C(=O)C(=O)N(CCO)C2c2ccc(O)c(OC)c2)cc1. The molecule has 0 aromatic heterocycles. The van der Waals surface area contributed by atoms with E-state index in [2.05, 4.69) is 0 Å². The summed E-state index contributed by atoms with van der Waals surface area (Å²) < 4.78 is 10.2. The summed E-state index contributed by atoms with van der Waals surface area (Å²) in [6, 6.07) is 9.83. The third-order valence-electron chi connectivity index (χ3n) is 4.76. The van der Waals surface area contributed by atoms with E-state index in [1.165, 1.54) is 37.3 Å². The molecule has 152 valence electrons. The van der Waals surface area contributed by atoms with Crippen molar-refractivity contribution in [1.29, 1.82) is 0 Å². The van der Waals surface area contributed by atoms with Gasteiger partial charge in [-0.1, -0.05) is 6.07 Å². The number of Topliss-reactive ketones (excluding diaryl/α,β-unsaturated/α-hetero) is 1. The van der Waals surface area contributed by atoms with Crippen molar-refractivity contribution in [1.82, 2.24) is 4.90 Å². The Morgan fingerprint density at radius 1 is 1.07 bits per heavy atom. The number of β-amino-alcohol motifs (C(OH)–C–C–N with tert-alkyl or cyclic N) is 1. The number of amides is 1. The van der Waals surface area contributed by atoms with Crippen molar-refractivity contribution in [2.45, 2.75) is 6.04 Å². The van der Waals surface area contributed by atoms with E-state index in [1.54, 1.807) is 24.3 Å². The van der Waals surface area contributed by atoms with Crippen molar-refractivity contribution in [3.63, 3.8) is 0 Å². The highest BCUT2D eigenvalue weighted by molar-refractivity contribution is 6.46. The maximum absolute atomic E-state index is 12.7. The molecule has 1 aliphatic rings. The Morgan fingerprint density at radius 2 is 1.76 bits per heavy atom. The van der Waals surface area contributed by atoms with Gasteiger partial charge in [0.05, 0.1) is 32.4 Å². The monoisotopic (exact) mass is 399 g/mol. The van der Waals surface area contributed by atoms with Gasteiger partial charge in [-0.25, -0.2) is 0 Å². The number of ketones is 1. The number of phenols is 1. The molecule has 0 radical (unpaired) electrons. The van der Waals surface area contributed by atoms with E-state index in [0.717, 1.165) is 0 Å². The van der Waals surface area contributed by atoms with Crippen LogP contribution in [0.2, 0.25) is 0 Å². The zero-order valence-electron chi connectivity index (χ0n) is 16.0. The molecule has 0 aliphatic carbocycles. The van der Waals surface area contributed by atoms with Crippen LogP contribution in [0.3, 0.4) is 0 Å². The zero-order chi connectivity index (χ0) is 21.1. The highest BCUT2D eigenvalue weighted by Crippen LogP contribution is 2.41. The minimum absolute atomic E-state index is 0.0994. The average molecular weight is 399 g/mol. The predicted molar refractivity (Wildman–Crippen MR) is 104 cm³/mol. The van der Waals surface area contributed by atoms with Gasteiger partial charge >= 0.3 is 0 Å². The second kappa shape index (κ2) is 8.24. The molecule has 3 rings (SSSR count). The number of aliphatic hydroxyl groups is 2. The lowest BCUT2D eigenvalue weighted by Gasteiger charge is -2.25. The van der Waals surface area contributed by atoms with Crippen LogP contribution in [0, 0.1) is 0 Å². The summed E-state index contributed by atoms with van der Waals surface area (Å²) in [5.74, 6) is -1.41. The van der Waals surface area contributed by atoms with Gasteiger partial charge in [0.1, 0.15) is 11.5 Å². The van der Waals surface area contributed by atoms with Gasteiger partial charge in [-0.3, -0.25) is 9.59 Å². The number of aromatic hydroxyl groups is 1. The average Bonchev–Trinajstić information content (AvgIpc) is 2.99. The maximum atomic E-state index is 12.7. The molecular weight excluding hydrogens is 378 g/mol. The Bertz CT molecular complexity index is 965. The lowest BCUT2D eigenvalue weighted by molar-refractivity contribution is -0.140. The zero-order valence-corrected chi connectivity index (χ0v) is 16.0. The standard InChI is InChI=1S/C21H21NO7/c1-28-14-6-3-12(4-7-14)19(25)17-18(22(9-10-23)21(27)20(17)26)13-5-8-15(24)16(11-13)29-2/h3-8,11,18,23-25H,9-10H2,1-2H3. The fourth-order valence-electron chi connectivity index (χ4n) is 3.33. The van der Waals surface area contributed by atoms with Crippen LogP contribution in [0.4, 0.5) is 0 Å². The van der Waals surface area contributed by atoms with Gasteiger partial charge in [0, 0.05) is 12.1 Å². The van der Waals surface area contributed by atoms with E-state index >= 15 is 0 Å². The topological polar surface area (TPSA) is 117 Å². The highest BCUT2D eigenvalue weighted by Gasteiger charge is 2.46. The van der Waals surface area contributed by atoms with E-state index in [1.807, 2.05) is 0 Å². The molecule has 8 heteroatoms. The van der Waals surface area contributed by atoms with Crippen LogP contribution in [-0.2, 0) is 9.59 Å². The van der Waals surface area contributed by atoms with Gasteiger partial charge in [-0.15, -0.1) is 0 Å². The fourth-order valence-corrected chi connectivity index (χ4v) is 3.33. The number of likely N-dealkylation sites (tertiary alicyclic amines) is 1. The maximum Gasteiger partial charge on any atom is 0.295 e. The first-order chi connectivity index (χ1) is 13.9. The number of methoxy groups -OCH3 is 2. The first-order valence-electron chi connectivity index (χ1n) is 8.83. The number of phenolic OH excluding ortho intramolecular Hbond substituents is 1. The van der Waals surface area contributed by atoms with Crippen molar-refractivity contribution < 1.29 is 34.4 Å². The molecule has 1 aliphatic heterocycles. The second-order valence-corrected chi connectivity index (χ2v) is 6.38. The van der Waals surface area contributed by atoms with Gasteiger partial charge in [0.15, 0.2) is 11.5 Å². The van der Waals surface area contributed by atoms with Crippen LogP contribution in [0.15, 0.2) is 48.0 Å². The molecule has 1 atom stereocenters. The Labute approximate surface area is 167 Å². The molecule has 1 fully saturated rings. The number of ether oxygens (including phenoxy) is 2. The van der Waals surface area contributed by atoms with Crippen LogP contribution in [0.1, 0.15) is 17.2 Å². The lowest BCUT2D eigenvalue weighted by atomic mass is 9.95. The molecule has 2 aromatic rings. The first-order valence-corrected chi connectivity index (χ1v) is 8.83. The summed E-state index contributed by atoms with van der Waals surface area (Å²) in [5, 5.41) is 30.1. The van der Waals surface area contributed by atoms with E-state index in [0.29, 0.717) is 16.9 Å². The van der Waals surface area contributed by atoms with Gasteiger partial charge in [-0.05, 0) is 42.0 Å². The molecule has 3 N–H and O–H groups in total. The molecular formula is C21H21NO7. The number of carbonyl (C=O) groups is 2. The number of benzene rings is 2. The molecule has 2 aromatic carbocycles. The predicted octanol–water partition coefficient (Wildman–Crippen LogP) is 1.82. The van der Waals surface area contributed by atoms with E-state index < -0.39 is 17.7 Å². The summed E-state index contributed by atoms with van der Waals surface area (Å²) >= 11 is 0. The molecule has 0 saturated carbocycles. The normalized spacial score (nSPS) is 18.2. The first kappa shape index (κ1) is 20.2. The Hall–Kier alpha value is -3.52. The number of nitrogens with zero attached hydrogens (tertiary/aromatic N) is 1. The molecule has 0 spiro atoms. The van der Waals surface area contributed by atoms with Gasteiger partial charge in [0.25, 0.3) is 11.7 Å². The summed E-state index contributed by atoms with van der Waals surface area (Å²) in [6.45, 7) is -0.459. The van der Waals surface area contributed by atoms with Crippen LogP contribution < -0.4 is 9.47 Å². The third kappa shape index (κ3) is 3.62. The van der Waals surface area contributed by atoms with Crippen molar-refractivity contribution in [3.05, 3.63) is 59.2 Å². The molecule has 1 saturated heterocycles. The number of aliphatic hydroxyl groups excluding tert-OH is 2. The van der Waals surface area contributed by atoms with E-state index in [9.17, 15) is 24.9 Å². The minimum Gasteiger partial charge on any atom is -0.507 e. The van der Waals surface area contributed by atoms with E-state index in [-0.39, 0.29) is 36.0 Å². The smallest absolute Gasteiger partial charge is 0.295 e. The number of hydrogen-bond acceptors (Lipinski definition) is 7. The number of rotatable bonds is 6. The molecule has 0 bridgehead atoms. The van der Waals surface area contributed by atoms with Gasteiger partial charge < -0.3 is 29.7 Å². The number of hydrogen-bond donors (Lipinski definition) is 3. The highest BCUT2D eigenvalue weighted by atomic mass is 16.5. The van der Waals surface area contributed by atoms with Crippen LogP contribution >= 0.6 is 0 Å². The quantitative estimate of drug-likeness (QED) is 0.385. The Morgan fingerprint density at radius 3 is 2.34 bits per heavy atom. The fraction of sp³-hybridized carbons (Fsp3) is 0.238. The summed E-state index contributed by atoms with van der Waals surface area (Å²) in [5.41, 5.74) is 0.673. The third-order valence-corrected chi connectivity index (χ3v) is 4.76. The van der Waals surface area contributed by atoms with Gasteiger partial charge in [-0.2, -0.15) is 0 Å². The molecule has 1 heterocycles. The van der Waals surface area contributed by atoms with Crippen molar-refractivity contribution in [2.75, 3.05) is 27.4 Å². The summed E-state index contributed by atoms with van der Waals surface area (Å²) in [4.78, 5) is 26.5. The number of carbonyl (C=O) groups excluding carboxylic acids is 2. The Kier molecular flexibility index (Phi) is 5.74. The molecule has 1 unspecified atom stereocenters. The lowest BCUT2D eigenvalue weighted by Crippen LogP contribution is -2.32. The largest absolute Gasteiger partial charge is 0.507 e.